The third kappa shape index (κ3) is 3.04. The highest BCUT2D eigenvalue weighted by atomic mass is 19.1. The first-order chi connectivity index (χ1) is 11.8. The Balaban J connectivity index is 2.32. The Bertz CT molecular complexity index is 895. The fourth-order valence-corrected chi connectivity index (χ4v) is 3.07. The van der Waals surface area contributed by atoms with Crippen LogP contribution in [0.4, 0.5) is 17.6 Å². The number of nitrogens with zero attached hydrogens (tertiary/aromatic N) is 2. The van der Waals surface area contributed by atoms with Crippen molar-refractivity contribution in [1.82, 2.24) is 9.55 Å². The Kier molecular flexibility index (Phi) is 4.37. The molecule has 0 fully saturated rings. The molecular formula is C19H16F4N2. The maximum Gasteiger partial charge on any atom is 0.131 e. The maximum atomic E-state index is 14.5. The number of aromatic nitrogens is 2. The Morgan fingerprint density at radius 3 is 1.64 bits per heavy atom. The molecule has 0 spiro atoms. The number of rotatable bonds is 3. The Morgan fingerprint density at radius 1 is 0.800 bits per heavy atom. The van der Waals surface area contributed by atoms with Crippen LogP contribution in [-0.4, -0.2) is 9.55 Å². The number of hydrogen-bond donors (Lipinski definition) is 0. The van der Waals surface area contributed by atoms with Gasteiger partial charge in [-0.25, -0.2) is 22.5 Å². The first-order valence-electron chi connectivity index (χ1n) is 7.71. The summed E-state index contributed by atoms with van der Waals surface area (Å²) >= 11 is 0. The molecule has 0 aliphatic carbocycles. The highest BCUT2D eigenvalue weighted by Gasteiger charge is 2.27. The predicted octanol–water partition coefficient (Wildman–Crippen LogP) is 5.00. The van der Waals surface area contributed by atoms with Crippen molar-refractivity contribution in [3.63, 3.8) is 0 Å². The lowest BCUT2D eigenvalue weighted by Gasteiger charge is -2.24. The minimum absolute atomic E-state index is 0.0792. The zero-order valence-corrected chi connectivity index (χ0v) is 13.9. The van der Waals surface area contributed by atoms with Gasteiger partial charge in [0, 0.05) is 29.0 Å². The summed E-state index contributed by atoms with van der Waals surface area (Å²) in [7, 11) is 0. The van der Waals surface area contributed by atoms with Crippen molar-refractivity contribution in [3.8, 4) is 0 Å². The molecule has 0 bridgehead atoms. The summed E-state index contributed by atoms with van der Waals surface area (Å²) in [6.07, 6.45) is 0. The van der Waals surface area contributed by atoms with Crippen LogP contribution in [0, 0.1) is 44.0 Å². The van der Waals surface area contributed by atoms with E-state index in [0.717, 1.165) is 30.0 Å². The third-order valence-corrected chi connectivity index (χ3v) is 4.34. The van der Waals surface area contributed by atoms with Crippen LogP contribution < -0.4 is 0 Å². The van der Waals surface area contributed by atoms with Crippen LogP contribution in [0.3, 0.4) is 0 Å². The normalized spacial score (nSPS) is 11.4. The molecule has 3 rings (SSSR count). The fraction of sp³-hybridized carbons (Fsp3) is 0.211. The molecule has 0 atom stereocenters. The molecule has 0 unspecified atom stereocenters. The summed E-state index contributed by atoms with van der Waals surface area (Å²) in [4.78, 5) is 4.35. The molecule has 0 N–H and O–H groups in total. The van der Waals surface area contributed by atoms with Crippen molar-refractivity contribution in [1.29, 1.82) is 0 Å². The minimum Gasteiger partial charge on any atom is -0.320 e. The first-order valence-corrected chi connectivity index (χ1v) is 7.71. The molecule has 1 aromatic heterocycles. The highest BCUT2D eigenvalue weighted by molar-refractivity contribution is 5.37. The molecule has 0 aliphatic rings. The van der Waals surface area contributed by atoms with Crippen LogP contribution >= 0.6 is 0 Å². The van der Waals surface area contributed by atoms with E-state index in [9.17, 15) is 17.6 Å². The topological polar surface area (TPSA) is 17.8 Å². The van der Waals surface area contributed by atoms with Crippen LogP contribution in [0.25, 0.3) is 0 Å². The number of benzene rings is 2. The second kappa shape index (κ2) is 6.35. The number of imidazole rings is 1. The molecule has 0 saturated carbocycles. The van der Waals surface area contributed by atoms with E-state index < -0.39 is 29.3 Å². The van der Waals surface area contributed by atoms with Gasteiger partial charge >= 0.3 is 0 Å². The van der Waals surface area contributed by atoms with Crippen molar-refractivity contribution < 1.29 is 17.6 Å². The largest absolute Gasteiger partial charge is 0.320 e. The predicted molar refractivity (Wildman–Crippen MR) is 86.4 cm³/mol. The van der Waals surface area contributed by atoms with E-state index in [4.69, 9.17) is 0 Å². The van der Waals surface area contributed by atoms with Crippen molar-refractivity contribution in [2.75, 3.05) is 0 Å². The zero-order chi connectivity index (χ0) is 18.3. The van der Waals surface area contributed by atoms with E-state index in [0.29, 0.717) is 11.5 Å². The molecule has 25 heavy (non-hydrogen) atoms. The summed E-state index contributed by atoms with van der Waals surface area (Å²) < 4.78 is 57.3. The molecule has 0 saturated heterocycles. The van der Waals surface area contributed by atoms with E-state index in [1.54, 1.807) is 25.3 Å². The van der Waals surface area contributed by atoms with E-state index in [-0.39, 0.29) is 11.1 Å². The van der Waals surface area contributed by atoms with Crippen molar-refractivity contribution in [2.24, 2.45) is 0 Å². The van der Waals surface area contributed by atoms with E-state index in [2.05, 4.69) is 4.98 Å². The van der Waals surface area contributed by atoms with Crippen LogP contribution in [0.1, 0.15) is 34.4 Å². The molecule has 0 aliphatic heterocycles. The SMILES string of the molecule is Cc1nc(C)n(C(c2ccc(F)cc2F)c2ccc(F)cc2F)c1C. The van der Waals surface area contributed by atoms with Crippen LogP contribution in [-0.2, 0) is 0 Å². The lowest BCUT2D eigenvalue weighted by atomic mass is 9.96. The van der Waals surface area contributed by atoms with Gasteiger partial charge in [-0.2, -0.15) is 0 Å². The standard InChI is InChI=1S/C19H16F4N2/c1-10-11(2)25(12(3)24-10)19(15-6-4-13(20)8-17(15)22)16-7-5-14(21)9-18(16)23/h4-9,19H,1-3H3. The fourth-order valence-electron chi connectivity index (χ4n) is 3.07. The summed E-state index contributed by atoms with van der Waals surface area (Å²) in [6, 6.07) is 5.33. The Labute approximate surface area is 142 Å². The molecule has 2 aromatic carbocycles. The highest BCUT2D eigenvalue weighted by Crippen LogP contribution is 2.33. The van der Waals surface area contributed by atoms with E-state index >= 15 is 0 Å². The Hall–Kier alpha value is -2.63. The molecule has 6 heteroatoms. The number of hydrogen-bond acceptors (Lipinski definition) is 1. The summed E-state index contributed by atoms with van der Waals surface area (Å²) in [5, 5.41) is 0. The van der Waals surface area contributed by atoms with E-state index in [1.807, 2.05) is 0 Å². The molecule has 1 heterocycles. The molecule has 2 nitrogen and oxygen atoms in total. The van der Waals surface area contributed by atoms with Crippen LogP contribution in [0.2, 0.25) is 0 Å². The quantitative estimate of drug-likeness (QED) is 0.609. The van der Waals surface area contributed by atoms with Gasteiger partial charge in [0.05, 0.1) is 11.7 Å². The molecule has 3 aromatic rings. The zero-order valence-electron chi connectivity index (χ0n) is 13.9. The maximum absolute atomic E-state index is 14.5. The van der Waals surface area contributed by atoms with Gasteiger partial charge in [-0.15, -0.1) is 0 Å². The van der Waals surface area contributed by atoms with Gasteiger partial charge in [-0.05, 0) is 32.9 Å². The Morgan fingerprint density at radius 2 is 1.28 bits per heavy atom. The lowest BCUT2D eigenvalue weighted by Crippen LogP contribution is -2.18. The van der Waals surface area contributed by atoms with Gasteiger partial charge in [0.1, 0.15) is 29.1 Å². The van der Waals surface area contributed by atoms with Gasteiger partial charge in [0.25, 0.3) is 0 Å². The van der Waals surface area contributed by atoms with Gasteiger partial charge in [0.2, 0.25) is 0 Å². The monoisotopic (exact) mass is 348 g/mol. The van der Waals surface area contributed by atoms with Gasteiger partial charge in [-0.1, -0.05) is 12.1 Å². The van der Waals surface area contributed by atoms with Gasteiger partial charge in [0.15, 0.2) is 0 Å². The third-order valence-electron chi connectivity index (χ3n) is 4.34. The average Bonchev–Trinajstić information content (AvgIpc) is 2.77. The molecule has 130 valence electrons. The number of halogens is 4. The average molecular weight is 348 g/mol. The number of aryl methyl sites for hydroxylation is 2. The van der Waals surface area contributed by atoms with Gasteiger partial charge < -0.3 is 4.57 Å². The van der Waals surface area contributed by atoms with Crippen molar-refractivity contribution in [3.05, 3.63) is 88.0 Å². The second-order valence-corrected chi connectivity index (χ2v) is 5.93. The molecule has 0 amide bonds. The molecular weight excluding hydrogens is 332 g/mol. The van der Waals surface area contributed by atoms with Crippen LogP contribution in [0.15, 0.2) is 36.4 Å². The minimum atomic E-state index is -0.928. The van der Waals surface area contributed by atoms with Crippen molar-refractivity contribution in [2.45, 2.75) is 26.8 Å². The summed E-state index contributed by atoms with van der Waals surface area (Å²) in [6.45, 7) is 5.29. The lowest BCUT2D eigenvalue weighted by molar-refractivity contribution is 0.516. The van der Waals surface area contributed by atoms with Crippen molar-refractivity contribution >= 4 is 0 Å². The smallest absolute Gasteiger partial charge is 0.131 e. The van der Waals surface area contributed by atoms with E-state index in [1.165, 1.54) is 12.1 Å². The van der Waals surface area contributed by atoms with Gasteiger partial charge in [-0.3, -0.25) is 0 Å². The first kappa shape index (κ1) is 17.2. The van der Waals surface area contributed by atoms with Crippen LogP contribution in [0.5, 0.6) is 0 Å². The second-order valence-electron chi connectivity index (χ2n) is 5.93. The molecule has 0 radical (unpaired) electrons. The summed E-state index contributed by atoms with van der Waals surface area (Å²) in [5.74, 6) is -2.52. The summed E-state index contributed by atoms with van der Waals surface area (Å²) in [5.41, 5.74) is 1.59.